The zero-order valence-electron chi connectivity index (χ0n) is 22.5. The van der Waals surface area contributed by atoms with E-state index in [0.29, 0.717) is 29.9 Å². The van der Waals surface area contributed by atoms with E-state index in [1.807, 2.05) is 6.07 Å². The fourth-order valence-electron chi connectivity index (χ4n) is 4.04. The predicted molar refractivity (Wildman–Crippen MR) is 158 cm³/mol. The summed E-state index contributed by atoms with van der Waals surface area (Å²) in [7, 11) is -7.04. The molecular formula is C26H34N5O6PS. The van der Waals surface area contributed by atoms with Gasteiger partial charge in [0.25, 0.3) is 5.56 Å². The number of aromatic hydroxyl groups is 1. The molecule has 1 aliphatic heterocycles. The van der Waals surface area contributed by atoms with Crippen LogP contribution in [0.3, 0.4) is 0 Å². The molecule has 0 radical (unpaired) electrons. The second-order valence-corrected chi connectivity index (χ2v) is 14.3. The molecule has 39 heavy (non-hydrogen) atoms. The van der Waals surface area contributed by atoms with Crippen molar-refractivity contribution in [3.05, 3.63) is 64.4 Å². The van der Waals surface area contributed by atoms with Gasteiger partial charge in [0.15, 0.2) is 11.6 Å². The van der Waals surface area contributed by atoms with Gasteiger partial charge in [0, 0.05) is 18.4 Å². The largest absolute Gasteiger partial charge is 0.505 e. The van der Waals surface area contributed by atoms with Crippen LogP contribution in [0.15, 0.2) is 58.1 Å². The van der Waals surface area contributed by atoms with Crippen molar-refractivity contribution in [2.45, 2.75) is 40.7 Å². The molecule has 0 saturated carbocycles. The highest BCUT2D eigenvalue weighted by atomic mass is 32.3. The third-order valence-corrected chi connectivity index (χ3v) is 8.56. The number of anilines is 2. The first-order valence-corrected chi connectivity index (χ1v) is 15.9. The zero-order valence-corrected chi connectivity index (χ0v) is 24.2. The van der Waals surface area contributed by atoms with Gasteiger partial charge in [0.1, 0.15) is 11.3 Å². The van der Waals surface area contributed by atoms with Crippen molar-refractivity contribution >= 4 is 40.8 Å². The summed E-state index contributed by atoms with van der Waals surface area (Å²) >= 11 is 0. The summed E-state index contributed by atoms with van der Waals surface area (Å²) in [5.74, 6) is -0.500. The topological polar surface area (TPSA) is 158 Å². The van der Waals surface area contributed by atoms with Gasteiger partial charge >= 0.3 is 7.52 Å². The van der Waals surface area contributed by atoms with Crippen molar-refractivity contribution in [2.75, 3.05) is 22.9 Å². The van der Waals surface area contributed by atoms with Gasteiger partial charge in [-0.15, -0.1) is 10.8 Å². The van der Waals surface area contributed by atoms with Gasteiger partial charge in [-0.3, -0.25) is 23.2 Å². The SMILES string of the molecule is CCOP1(=O)N=C(c2c(O)c(-c3ccccc3)nn(CCC(C)(C)C)c2=O)Nc2ccc(NS(C)(O)O)cc21. The first-order valence-electron chi connectivity index (χ1n) is 12.4. The molecule has 1 aromatic heterocycles. The van der Waals surface area contributed by atoms with Gasteiger partial charge < -0.3 is 14.9 Å². The Morgan fingerprint density at radius 1 is 1.15 bits per heavy atom. The minimum Gasteiger partial charge on any atom is -0.505 e. The molecule has 5 N–H and O–H groups in total. The standard InChI is InChI=1S/C26H34N5O6PS/c1-6-37-38(34)20-16-18(30-39(5,35)36)12-13-19(20)27-24(29-38)21-23(32)22(17-10-8-7-9-11-17)28-31(25(21)33)15-14-26(2,3)4/h7-13,16,30,32,35-36H,6,14-15H2,1-5H3,(H,27,29,34). The fourth-order valence-corrected chi connectivity index (χ4v) is 6.42. The van der Waals surface area contributed by atoms with Crippen LogP contribution in [0.5, 0.6) is 5.75 Å². The molecule has 0 spiro atoms. The Morgan fingerprint density at radius 3 is 2.46 bits per heavy atom. The summed E-state index contributed by atoms with van der Waals surface area (Å²) in [5.41, 5.74) is 0.587. The van der Waals surface area contributed by atoms with Crippen LogP contribution >= 0.6 is 18.3 Å². The summed E-state index contributed by atoms with van der Waals surface area (Å²) in [6.07, 6.45) is 1.87. The van der Waals surface area contributed by atoms with Gasteiger partial charge in [-0.1, -0.05) is 51.1 Å². The molecule has 0 amide bonds. The fraction of sp³-hybridized carbons (Fsp3) is 0.346. The Hall–Kier alpha value is -3.15. The van der Waals surface area contributed by atoms with Crippen LogP contribution in [0.4, 0.5) is 11.4 Å². The molecular weight excluding hydrogens is 541 g/mol. The maximum atomic E-state index is 14.1. The molecule has 4 rings (SSSR count). The second-order valence-electron chi connectivity index (χ2n) is 10.5. The van der Waals surface area contributed by atoms with Crippen molar-refractivity contribution in [3.63, 3.8) is 0 Å². The van der Waals surface area contributed by atoms with Crippen LogP contribution in [0.1, 0.15) is 39.7 Å². The van der Waals surface area contributed by atoms with Crippen molar-refractivity contribution in [3.8, 4) is 17.0 Å². The summed E-state index contributed by atoms with van der Waals surface area (Å²) in [5, 5.41) is 19.1. The molecule has 0 bridgehead atoms. The molecule has 0 saturated heterocycles. The van der Waals surface area contributed by atoms with Crippen LogP contribution < -0.4 is 20.9 Å². The molecule has 11 nitrogen and oxygen atoms in total. The number of rotatable bonds is 8. The zero-order chi connectivity index (χ0) is 28.6. The minimum atomic E-state index is -3.95. The van der Waals surface area contributed by atoms with Crippen molar-refractivity contribution < 1.29 is 23.3 Å². The average molecular weight is 576 g/mol. The van der Waals surface area contributed by atoms with Gasteiger partial charge in [-0.05, 0) is 37.0 Å². The molecule has 0 fully saturated rings. The Morgan fingerprint density at radius 2 is 1.85 bits per heavy atom. The lowest BCUT2D eigenvalue weighted by Gasteiger charge is -2.30. The lowest BCUT2D eigenvalue weighted by Crippen LogP contribution is -2.35. The number of hydrogen-bond donors (Lipinski definition) is 5. The second kappa shape index (κ2) is 10.8. The van der Waals surface area contributed by atoms with Crippen LogP contribution in [-0.4, -0.2) is 42.7 Å². The average Bonchev–Trinajstić information content (AvgIpc) is 2.83. The molecule has 13 heteroatoms. The quantitative estimate of drug-likeness (QED) is 0.219. The molecule has 2 heterocycles. The maximum Gasteiger partial charge on any atom is 0.348 e. The van der Waals surface area contributed by atoms with E-state index < -0.39 is 29.6 Å². The summed E-state index contributed by atoms with van der Waals surface area (Å²) in [4.78, 5) is 13.7. The molecule has 3 aromatic rings. The first kappa shape index (κ1) is 28.8. The third kappa shape index (κ3) is 6.54. The molecule has 1 aliphatic rings. The normalized spacial score (nSPS) is 17.7. The highest BCUT2D eigenvalue weighted by Crippen LogP contribution is 2.53. The van der Waals surface area contributed by atoms with E-state index in [1.165, 1.54) is 17.0 Å². The van der Waals surface area contributed by atoms with Gasteiger partial charge in [0.2, 0.25) is 0 Å². The lowest BCUT2D eigenvalue weighted by molar-refractivity contribution is 0.335. The van der Waals surface area contributed by atoms with E-state index in [9.17, 15) is 23.6 Å². The third-order valence-electron chi connectivity index (χ3n) is 5.89. The minimum absolute atomic E-state index is 0.0571. The first-order chi connectivity index (χ1) is 18.2. The monoisotopic (exact) mass is 575 g/mol. The Kier molecular flexibility index (Phi) is 7.98. The summed E-state index contributed by atoms with van der Waals surface area (Å²) in [6.45, 7) is 8.18. The number of benzene rings is 2. The van der Waals surface area contributed by atoms with E-state index in [-0.39, 0.29) is 34.4 Å². The van der Waals surface area contributed by atoms with Gasteiger partial charge in [-0.2, -0.15) is 9.86 Å². The molecule has 210 valence electrons. The lowest BCUT2D eigenvalue weighted by atomic mass is 9.92. The van der Waals surface area contributed by atoms with Crippen molar-refractivity contribution in [1.82, 2.24) is 9.78 Å². The Bertz CT molecular complexity index is 1510. The smallest absolute Gasteiger partial charge is 0.348 e. The number of fused-ring (bicyclic) bond motifs is 1. The summed E-state index contributed by atoms with van der Waals surface area (Å²) < 4.78 is 47.6. The van der Waals surface area contributed by atoms with E-state index in [2.05, 4.69) is 40.7 Å². The van der Waals surface area contributed by atoms with Crippen LogP contribution in [-0.2, 0) is 15.6 Å². The van der Waals surface area contributed by atoms with E-state index >= 15 is 0 Å². The Balaban J connectivity index is 1.91. The number of amidine groups is 1. The number of nitrogens with one attached hydrogen (secondary N) is 2. The molecule has 2 aromatic carbocycles. The van der Waals surface area contributed by atoms with Gasteiger partial charge in [0.05, 0.1) is 23.3 Å². The maximum absolute atomic E-state index is 14.1. The van der Waals surface area contributed by atoms with Crippen molar-refractivity contribution in [2.24, 2.45) is 10.2 Å². The predicted octanol–water partition coefficient (Wildman–Crippen LogP) is 5.49. The highest BCUT2D eigenvalue weighted by Gasteiger charge is 2.36. The molecule has 1 atom stereocenters. The Labute approximate surface area is 229 Å². The van der Waals surface area contributed by atoms with E-state index in [0.717, 1.165) is 0 Å². The molecule has 1 unspecified atom stereocenters. The highest BCUT2D eigenvalue weighted by molar-refractivity contribution is 8.24. The van der Waals surface area contributed by atoms with E-state index in [1.54, 1.807) is 43.3 Å². The number of hydrogen-bond acceptors (Lipinski definition) is 9. The number of aryl methyl sites for hydroxylation is 1. The van der Waals surface area contributed by atoms with Crippen molar-refractivity contribution in [1.29, 1.82) is 0 Å². The van der Waals surface area contributed by atoms with E-state index in [4.69, 9.17) is 4.52 Å². The van der Waals surface area contributed by atoms with Crippen LogP contribution in [0.2, 0.25) is 0 Å². The van der Waals surface area contributed by atoms with Crippen LogP contribution in [0, 0.1) is 5.41 Å². The van der Waals surface area contributed by atoms with Crippen LogP contribution in [0.25, 0.3) is 11.3 Å². The summed E-state index contributed by atoms with van der Waals surface area (Å²) in [6, 6.07) is 13.6. The number of aromatic nitrogens is 2. The van der Waals surface area contributed by atoms with Gasteiger partial charge in [-0.25, -0.2) is 4.68 Å². The number of nitrogens with zero attached hydrogens (tertiary/aromatic N) is 3. The molecule has 0 aliphatic carbocycles.